The molecule has 4 aromatic carbocycles. The predicted octanol–water partition coefficient (Wildman–Crippen LogP) is 4.77. The lowest BCUT2D eigenvalue weighted by atomic mass is 10.0. The van der Waals surface area contributed by atoms with E-state index in [1.165, 1.54) is 60.7 Å². The lowest BCUT2D eigenvalue weighted by Crippen LogP contribution is -2.09. The second kappa shape index (κ2) is 10.6. The fourth-order valence-electron chi connectivity index (χ4n) is 2.98. The van der Waals surface area contributed by atoms with Crippen molar-refractivity contribution in [1.82, 2.24) is 0 Å². The molecule has 35 heavy (non-hydrogen) atoms. The average molecular weight is 515 g/mol. The van der Waals surface area contributed by atoms with Gasteiger partial charge in [0.1, 0.15) is 22.1 Å². The van der Waals surface area contributed by atoms with Crippen molar-refractivity contribution in [3.05, 3.63) is 103 Å². The van der Waals surface area contributed by atoms with Crippen LogP contribution in [0.5, 0.6) is 17.2 Å². The number of hydrogen-bond donors (Lipinski definition) is 3. The smallest absolute Gasteiger partial charge is 0.339 e. The van der Waals surface area contributed by atoms with E-state index in [0.29, 0.717) is 5.56 Å². The normalized spacial score (nSPS) is 11.3. The van der Waals surface area contributed by atoms with Crippen molar-refractivity contribution in [2.24, 2.45) is 0 Å². The SMILES string of the molecule is Cc1ccc(S(=O)(=O)O)cc1-c1ccc(O)cc1.O=S(=O)(Oc1ccc(O)cc1)c1ccccc1. The molecule has 0 aliphatic carbocycles. The van der Waals surface area contributed by atoms with Gasteiger partial charge in [-0.2, -0.15) is 16.8 Å². The van der Waals surface area contributed by atoms with E-state index >= 15 is 0 Å². The van der Waals surface area contributed by atoms with E-state index in [4.69, 9.17) is 13.8 Å². The molecule has 0 unspecified atom stereocenters. The van der Waals surface area contributed by atoms with E-state index < -0.39 is 20.2 Å². The molecule has 0 aliphatic heterocycles. The van der Waals surface area contributed by atoms with Gasteiger partial charge in [-0.05, 0) is 84.3 Å². The average Bonchev–Trinajstić information content (AvgIpc) is 2.82. The highest BCUT2D eigenvalue weighted by atomic mass is 32.2. The quantitative estimate of drug-likeness (QED) is 0.256. The van der Waals surface area contributed by atoms with Crippen molar-refractivity contribution < 1.29 is 35.8 Å². The van der Waals surface area contributed by atoms with Gasteiger partial charge in [-0.15, -0.1) is 0 Å². The zero-order valence-electron chi connectivity index (χ0n) is 18.4. The van der Waals surface area contributed by atoms with Gasteiger partial charge in [0.15, 0.2) is 0 Å². The molecule has 0 heterocycles. The third-order valence-electron chi connectivity index (χ3n) is 4.76. The van der Waals surface area contributed by atoms with Crippen molar-refractivity contribution >= 4 is 20.2 Å². The number of benzene rings is 4. The van der Waals surface area contributed by atoms with Crippen LogP contribution in [0.4, 0.5) is 0 Å². The Hall–Kier alpha value is -3.86. The first kappa shape index (κ1) is 25.8. The molecule has 0 atom stereocenters. The Morgan fingerprint density at radius 2 is 1.20 bits per heavy atom. The van der Waals surface area contributed by atoms with E-state index in [9.17, 15) is 21.9 Å². The minimum Gasteiger partial charge on any atom is -0.508 e. The molecule has 10 heteroatoms. The molecular formula is C25H22O8S2. The maximum atomic E-state index is 11.8. The monoisotopic (exact) mass is 514 g/mol. The molecule has 0 radical (unpaired) electrons. The Morgan fingerprint density at radius 1 is 0.657 bits per heavy atom. The number of phenolic OH excluding ortho intramolecular Hbond substituents is 2. The van der Waals surface area contributed by atoms with Gasteiger partial charge >= 0.3 is 10.1 Å². The number of phenols is 2. The molecule has 4 rings (SSSR count). The summed E-state index contributed by atoms with van der Waals surface area (Å²) in [5.41, 5.74) is 2.36. The third kappa shape index (κ3) is 7.06. The van der Waals surface area contributed by atoms with Gasteiger partial charge in [0.2, 0.25) is 0 Å². The largest absolute Gasteiger partial charge is 0.508 e. The molecule has 0 amide bonds. The Morgan fingerprint density at radius 3 is 1.74 bits per heavy atom. The summed E-state index contributed by atoms with van der Waals surface area (Å²) in [5, 5.41) is 18.3. The van der Waals surface area contributed by atoms with Crippen molar-refractivity contribution in [3.8, 4) is 28.4 Å². The maximum absolute atomic E-state index is 11.8. The lowest BCUT2D eigenvalue weighted by molar-refractivity contribution is 0.468. The molecule has 3 N–H and O–H groups in total. The summed E-state index contributed by atoms with van der Waals surface area (Å²) in [6, 6.07) is 24.2. The minimum absolute atomic E-state index is 0.0504. The number of rotatable bonds is 5. The number of hydrogen-bond acceptors (Lipinski definition) is 7. The highest BCUT2D eigenvalue weighted by Gasteiger charge is 2.15. The zero-order chi connectivity index (χ0) is 25.6. The van der Waals surface area contributed by atoms with Crippen LogP contribution in [0.1, 0.15) is 5.56 Å². The van der Waals surface area contributed by atoms with E-state index in [2.05, 4.69) is 0 Å². The summed E-state index contributed by atoms with van der Waals surface area (Å²) in [5.74, 6) is 0.350. The molecule has 4 aromatic rings. The summed E-state index contributed by atoms with van der Waals surface area (Å²) in [4.78, 5) is -0.0516. The number of aryl methyl sites for hydroxylation is 1. The van der Waals surface area contributed by atoms with Crippen LogP contribution in [-0.4, -0.2) is 31.6 Å². The first-order valence-electron chi connectivity index (χ1n) is 10.1. The summed E-state index contributed by atoms with van der Waals surface area (Å²) < 4.78 is 59.7. The molecule has 8 nitrogen and oxygen atoms in total. The zero-order valence-corrected chi connectivity index (χ0v) is 20.1. The molecule has 0 aliphatic rings. The van der Waals surface area contributed by atoms with Crippen LogP contribution in [0.2, 0.25) is 0 Å². The molecule has 0 bridgehead atoms. The molecule has 0 saturated carbocycles. The van der Waals surface area contributed by atoms with Crippen LogP contribution in [0.25, 0.3) is 11.1 Å². The Bertz CT molecular complexity index is 1500. The first-order chi connectivity index (χ1) is 16.5. The fourth-order valence-corrected chi connectivity index (χ4v) is 4.44. The highest BCUT2D eigenvalue weighted by molar-refractivity contribution is 7.87. The van der Waals surface area contributed by atoms with Crippen molar-refractivity contribution in [3.63, 3.8) is 0 Å². The first-order valence-corrected chi connectivity index (χ1v) is 13.0. The van der Waals surface area contributed by atoms with Gasteiger partial charge < -0.3 is 14.4 Å². The third-order valence-corrected chi connectivity index (χ3v) is 6.87. The molecular weight excluding hydrogens is 492 g/mol. The highest BCUT2D eigenvalue weighted by Crippen LogP contribution is 2.27. The fraction of sp³-hybridized carbons (Fsp3) is 0.0400. The summed E-state index contributed by atoms with van der Waals surface area (Å²) in [6.07, 6.45) is 0. The Balaban J connectivity index is 0.000000196. The second-order valence-corrected chi connectivity index (χ2v) is 10.3. The van der Waals surface area contributed by atoms with Crippen LogP contribution in [-0.2, 0) is 20.2 Å². The van der Waals surface area contributed by atoms with E-state index in [1.807, 2.05) is 6.92 Å². The van der Waals surface area contributed by atoms with E-state index in [0.717, 1.165) is 11.1 Å². The van der Waals surface area contributed by atoms with Crippen LogP contribution in [0.15, 0.2) is 107 Å². The Kier molecular flexibility index (Phi) is 7.80. The standard InChI is InChI=1S/C13H12O4S.C12H10O4S/c1-9-2-7-12(18(15,16)17)8-13(9)10-3-5-11(14)6-4-10;13-10-6-8-11(9-7-10)16-17(14,15)12-4-2-1-3-5-12/h2-8,14H,1H3,(H,15,16,17);1-9,13H. The molecule has 0 spiro atoms. The second-order valence-electron chi connectivity index (χ2n) is 7.34. The van der Waals surface area contributed by atoms with Gasteiger partial charge in [-0.3, -0.25) is 4.55 Å². The van der Waals surface area contributed by atoms with Gasteiger partial charge in [0, 0.05) is 0 Å². The van der Waals surface area contributed by atoms with Gasteiger partial charge in [0.25, 0.3) is 10.1 Å². The van der Waals surface area contributed by atoms with Gasteiger partial charge in [0.05, 0.1) is 4.90 Å². The molecule has 0 aromatic heterocycles. The van der Waals surface area contributed by atoms with Crippen molar-refractivity contribution in [2.45, 2.75) is 16.7 Å². The Labute approximate surface area is 203 Å². The summed E-state index contributed by atoms with van der Waals surface area (Å²) in [7, 11) is -8.02. The predicted molar refractivity (Wildman–Crippen MR) is 130 cm³/mol. The maximum Gasteiger partial charge on any atom is 0.339 e. The van der Waals surface area contributed by atoms with Crippen LogP contribution < -0.4 is 4.18 Å². The summed E-state index contributed by atoms with van der Waals surface area (Å²) >= 11 is 0. The lowest BCUT2D eigenvalue weighted by Gasteiger charge is -2.08. The topological polar surface area (TPSA) is 138 Å². The molecule has 0 saturated heterocycles. The van der Waals surface area contributed by atoms with E-state index in [-0.39, 0.29) is 27.0 Å². The van der Waals surface area contributed by atoms with Crippen molar-refractivity contribution in [1.29, 1.82) is 0 Å². The number of aromatic hydroxyl groups is 2. The van der Waals surface area contributed by atoms with Crippen LogP contribution in [0, 0.1) is 6.92 Å². The van der Waals surface area contributed by atoms with Gasteiger partial charge in [-0.25, -0.2) is 0 Å². The minimum atomic E-state index is -4.21. The van der Waals surface area contributed by atoms with Crippen LogP contribution >= 0.6 is 0 Å². The molecule has 182 valence electrons. The molecule has 0 fully saturated rings. The van der Waals surface area contributed by atoms with Crippen LogP contribution in [0.3, 0.4) is 0 Å². The van der Waals surface area contributed by atoms with Crippen molar-refractivity contribution in [2.75, 3.05) is 0 Å². The van der Waals surface area contributed by atoms with E-state index in [1.54, 1.807) is 36.4 Å². The van der Waals surface area contributed by atoms with Gasteiger partial charge in [-0.1, -0.05) is 36.4 Å². The summed E-state index contributed by atoms with van der Waals surface area (Å²) in [6.45, 7) is 1.84.